The van der Waals surface area contributed by atoms with Crippen molar-refractivity contribution in [3.63, 3.8) is 0 Å². The molecular formula is C26H29FN2O2. The molecule has 31 heavy (non-hydrogen) atoms. The Balaban J connectivity index is 1.40. The van der Waals surface area contributed by atoms with Crippen molar-refractivity contribution in [2.45, 2.75) is 58.5 Å². The lowest BCUT2D eigenvalue weighted by Gasteiger charge is -2.58. The van der Waals surface area contributed by atoms with Gasteiger partial charge in [0.1, 0.15) is 11.6 Å². The lowest BCUT2D eigenvalue weighted by molar-refractivity contribution is -0.145. The second-order valence-corrected chi connectivity index (χ2v) is 10.7. The van der Waals surface area contributed by atoms with Gasteiger partial charge in [-0.15, -0.1) is 0 Å². The number of nitrogens with zero attached hydrogens (tertiary/aromatic N) is 2. The van der Waals surface area contributed by atoms with E-state index in [0.717, 1.165) is 37.1 Å². The molecule has 4 aliphatic carbocycles. The number of benzene rings is 1. The molecule has 3 fully saturated rings. The van der Waals surface area contributed by atoms with Crippen LogP contribution in [0.3, 0.4) is 0 Å². The number of aliphatic hydroxyl groups excluding tert-OH is 1. The summed E-state index contributed by atoms with van der Waals surface area (Å²) in [5.41, 5.74) is 4.04. The SMILES string of the molecule is C[C@]12Cc3cnn(-c4ccc(F)cc4)c3C=C1CC[C@@H]1[C@@H]2[C@@H](O)C[C@]2(C)C(=O)CC[C@@H]12. The number of Topliss-reactive ketones (excluding diaryl/α,β-unsaturated/α-hetero) is 1. The molecule has 0 radical (unpaired) electrons. The monoisotopic (exact) mass is 420 g/mol. The van der Waals surface area contributed by atoms with Crippen LogP contribution in [0.2, 0.25) is 0 Å². The Morgan fingerprint density at radius 1 is 1.13 bits per heavy atom. The van der Waals surface area contributed by atoms with Gasteiger partial charge in [-0.1, -0.05) is 19.4 Å². The van der Waals surface area contributed by atoms with E-state index in [0.29, 0.717) is 30.5 Å². The standard InChI is InChI=1S/C26H29FN2O2/c1-25-12-15-14-28-29(18-6-4-17(27)5-7-18)21(15)11-16(25)3-8-19-20-9-10-23(31)26(20,2)13-22(30)24(19)25/h4-7,11,14,19-20,22,24,30H,3,8-10,12-13H2,1-2H3/t19-,20-,22-,24+,25-,26-/m0/s1. The molecular weight excluding hydrogens is 391 g/mol. The molecule has 0 bridgehead atoms. The number of rotatable bonds is 1. The van der Waals surface area contributed by atoms with E-state index in [2.05, 4.69) is 25.0 Å². The number of aliphatic hydroxyl groups is 1. The van der Waals surface area contributed by atoms with Crippen LogP contribution >= 0.6 is 0 Å². The number of aromatic nitrogens is 2. The zero-order chi connectivity index (χ0) is 21.5. The van der Waals surface area contributed by atoms with Crippen molar-refractivity contribution in [2.24, 2.45) is 28.6 Å². The average Bonchev–Trinajstić information content (AvgIpc) is 3.26. The maximum atomic E-state index is 13.4. The van der Waals surface area contributed by atoms with E-state index in [1.807, 2.05) is 10.9 Å². The van der Waals surface area contributed by atoms with E-state index in [1.165, 1.54) is 23.3 Å². The number of carbonyl (C=O) groups is 1. The molecule has 5 heteroatoms. The molecule has 0 amide bonds. The van der Waals surface area contributed by atoms with Crippen molar-refractivity contribution in [1.29, 1.82) is 0 Å². The third kappa shape index (κ3) is 2.56. The Morgan fingerprint density at radius 3 is 2.68 bits per heavy atom. The Kier molecular flexibility index (Phi) is 4.00. The molecule has 4 nitrogen and oxygen atoms in total. The zero-order valence-electron chi connectivity index (χ0n) is 18.1. The minimum Gasteiger partial charge on any atom is -0.393 e. The maximum absolute atomic E-state index is 13.4. The average molecular weight is 421 g/mol. The summed E-state index contributed by atoms with van der Waals surface area (Å²) >= 11 is 0. The van der Waals surface area contributed by atoms with E-state index in [4.69, 9.17) is 0 Å². The highest BCUT2D eigenvalue weighted by Gasteiger charge is 2.62. The van der Waals surface area contributed by atoms with Crippen molar-refractivity contribution < 1.29 is 14.3 Å². The predicted molar refractivity (Wildman–Crippen MR) is 116 cm³/mol. The van der Waals surface area contributed by atoms with Crippen LogP contribution in [0.1, 0.15) is 57.2 Å². The van der Waals surface area contributed by atoms with Gasteiger partial charge in [0.25, 0.3) is 0 Å². The van der Waals surface area contributed by atoms with Gasteiger partial charge in [-0.05, 0) is 91.2 Å². The Morgan fingerprint density at radius 2 is 1.90 bits per heavy atom. The normalized spacial score (nSPS) is 38.7. The second-order valence-electron chi connectivity index (χ2n) is 10.7. The highest BCUT2D eigenvalue weighted by atomic mass is 19.1. The summed E-state index contributed by atoms with van der Waals surface area (Å²) in [5.74, 6) is 1.08. The maximum Gasteiger partial charge on any atom is 0.139 e. The summed E-state index contributed by atoms with van der Waals surface area (Å²) in [6.45, 7) is 4.42. The fourth-order valence-electron chi connectivity index (χ4n) is 7.74. The molecule has 1 aromatic heterocycles. The van der Waals surface area contributed by atoms with Gasteiger partial charge in [0.15, 0.2) is 0 Å². The van der Waals surface area contributed by atoms with Gasteiger partial charge in [-0.2, -0.15) is 5.10 Å². The molecule has 6 atom stereocenters. The van der Waals surface area contributed by atoms with Gasteiger partial charge in [-0.25, -0.2) is 9.07 Å². The van der Waals surface area contributed by atoms with Crippen LogP contribution in [0.4, 0.5) is 4.39 Å². The molecule has 1 N–H and O–H groups in total. The highest BCUT2D eigenvalue weighted by molar-refractivity contribution is 5.87. The number of halogens is 1. The van der Waals surface area contributed by atoms with Crippen molar-refractivity contribution in [2.75, 3.05) is 0 Å². The number of hydrogen-bond acceptors (Lipinski definition) is 3. The van der Waals surface area contributed by atoms with Gasteiger partial charge >= 0.3 is 0 Å². The summed E-state index contributed by atoms with van der Waals surface area (Å²) in [6.07, 6.45) is 8.89. The molecule has 4 aliphatic rings. The summed E-state index contributed by atoms with van der Waals surface area (Å²) in [7, 11) is 0. The lowest BCUT2D eigenvalue weighted by atomic mass is 9.46. The van der Waals surface area contributed by atoms with Gasteiger partial charge < -0.3 is 5.11 Å². The summed E-state index contributed by atoms with van der Waals surface area (Å²) < 4.78 is 15.3. The van der Waals surface area contributed by atoms with Crippen molar-refractivity contribution in [3.8, 4) is 5.69 Å². The minimum atomic E-state index is -0.448. The first-order valence-corrected chi connectivity index (χ1v) is 11.6. The van der Waals surface area contributed by atoms with Crippen LogP contribution in [-0.2, 0) is 11.2 Å². The zero-order valence-corrected chi connectivity index (χ0v) is 18.1. The molecule has 6 rings (SSSR count). The van der Waals surface area contributed by atoms with Gasteiger partial charge in [-0.3, -0.25) is 4.79 Å². The molecule has 162 valence electrons. The fraction of sp³-hybridized carbons (Fsp3) is 0.538. The van der Waals surface area contributed by atoms with Crippen LogP contribution < -0.4 is 0 Å². The largest absolute Gasteiger partial charge is 0.393 e. The predicted octanol–water partition coefficient (Wildman–Crippen LogP) is 4.73. The molecule has 2 aromatic rings. The van der Waals surface area contributed by atoms with Crippen LogP contribution in [0.5, 0.6) is 0 Å². The van der Waals surface area contributed by atoms with Crippen molar-refractivity contribution in [1.82, 2.24) is 9.78 Å². The molecule has 0 saturated heterocycles. The van der Waals surface area contributed by atoms with Crippen LogP contribution in [0.25, 0.3) is 11.8 Å². The first-order chi connectivity index (χ1) is 14.8. The topological polar surface area (TPSA) is 55.1 Å². The first kappa shape index (κ1) is 19.4. The van der Waals surface area contributed by atoms with E-state index in [1.54, 1.807) is 12.1 Å². The minimum absolute atomic E-state index is 0.112. The molecule has 3 saturated carbocycles. The number of carbonyl (C=O) groups excluding carboxylic acids is 1. The van der Waals surface area contributed by atoms with Crippen molar-refractivity contribution >= 4 is 11.9 Å². The number of allylic oxidation sites excluding steroid dienone is 1. The molecule has 0 unspecified atom stereocenters. The van der Waals surface area contributed by atoms with Crippen LogP contribution in [0.15, 0.2) is 36.0 Å². The quantitative estimate of drug-likeness (QED) is 0.725. The first-order valence-electron chi connectivity index (χ1n) is 11.6. The number of fused-ring (bicyclic) bond motifs is 6. The third-order valence-corrected chi connectivity index (χ3v) is 9.21. The second kappa shape index (κ2) is 6.38. The highest BCUT2D eigenvalue weighted by Crippen LogP contribution is 2.64. The number of hydrogen-bond donors (Lipinski definition) is 1. The smallest absolute Gasteiger partial charge is 0.139 e. The third-order valence-electron chi connectivity index (χ3n) is 9.21. The Hall–Kier alpha value is -2.27. The lowest BCUT2D eigenvalue weighted by Crippen LogP contribution is -2.57. The molecule has 0 spiro atoms. The van der Waals surface area contributed by atoms with E-state index in [-0.39, 0.29) is 22.6 Å². The van der Waals surface area contributed by atoms with E-state index >= 15 is 0 Å². The van der Waals surface area contributed by atoms with E-state index in [9.17, 15) is 14.3 Å². The fourth-order valence-corrected chi connectivity index (χ4v) is 7.74. The van der Waals surface area contributed by atoms with Crippen molar-refractivity contribution in [3.05, 3.63) is 53.1 Å². The molecule has 1 heterocycles. The van der Waals surface area contributed by atoms with Gasteiger partial charge in [0.2, 0.25) is 0 Å². The summed E-state index contributed by atoms with van der Waals surface area (Å²) in [5, 5.41) is 16.0. The number of ketones is 1. The van der Waals surface area contributed by atoms with Gasteiger partial charge in [0, 0.05) is 11.8 Å². The Bertz CT molecular complexity index is 1100. The van der Waals surface area contributed by atoms with E-state index < -0.39 is 6.10 Å². The molecule has 0 aliphatic heterocycles. The van der Waals surface area contributed by atoms with Gasteiger partial charge in [0.05, 0.1) is 23.7 Å². The van der Waals surface area contributed by atoms with Crippen LogP contribution in [-0.4, -0.2) is 26.8 Å². The summed E-state index contributed by atoms with van der Waals surface area (Å²) in [4.78, 5) is 12.7. The summed E-state index contributed by atoms with van der Waals surface area (Å²) in [6, 6.07) is 6.45. The Labute approximate surface area is 182 Å². The van der Waals surface area contributed by atoms with Crippen LogP contribution in [0, 0.1) is 34.4 Å². The molecule has 1 aromatic carbocycles.